The Bertz CT molecular complexity index is 706. The first kappa shape index (κ1) is 13.3. The van der Waals surface area contributed by atoms with E-state index in [-0.39, 0.29) is 0 Å². The van der Waals surface area contributed by atoms with Crippen LogP contribution < -0.4 is 3.11 Å². The minimum atomic E-state index is 0.745. The van der Waals surface area contributed by atoms with Gasteiger partial charge in [0.15, 0.2) is 0 Å². The lowest BCUT2D eigenvalue weighted by Crippen LogP contribution is -2.14. The van der Waals surface area contributed by atoms with Crippen LogP contribution in [0, 0.1) is 5.53 Å². The number of halogens is 1. The van der Waals surface area contributed by atoms with E-state index < -0.39 is 0 Å². The molecule has 3 rings (SSSR count). The van der Waals surface area contributed by atoms with Gasteiger partial charge in [-0.2, -0.15) is 5.11 Å². The fraction of sp³-hybridized carbons (Fsp3) is 0.125. The van der Waals surface area contributed by atoms with Crippen molar-refractivity contribution in [1.82, 2.24) is 0 Å². The maximum absolute atomic E-state index is 7.58. The average molecular weight is 375 g/mol. The molecule has 0 aliphatic carbocycles. The van der Waals surface area contributed by atoms with Crippen LogP contribution in [0.1, 0.15) is 23.6 Å². The van der Waals surface area contributed by atoms with E-state index in [0.717, 1.165) is 29.1 Å². The molecule has 0 spiro atoms. The highest BCUT2D eigenvalue weighted by Crippen LogP contribution is 2.39. The Morgan fingerprint density at radius 2 is 1.70 bits per heavy atom. The van der Waals surface area contributed by atoms with Crippen LogP contribution >= 0.6 is 22.9 Å². The fourth-order valence-electron chi connectivity index (χ4n) is 2.62. The number of nitrogens with zero attached hydrogens (tertiary/aromatic N) is 2. The molecule has 0 unspecified atom stereocenters. The van der Waals surface area contributed by atoms with Crippen LogP contribution in [-0.2, 0) is 6.54 Å². The monoisotopic (exact) mass is 375 g/mol. The molecular weight excluding hydrogens is 361 g/mol. The van der Waals surface area contributed by atoms with E-state index in [1.54, 1.807) is 0 Å². The SMILES string of the molecule is C/C1=C(\N=N)c2ccccc2N(I)Cc2ccccc21. The second kappa shape index (κ2) is 5.36. The zero-order valence-electron chi connectivity index (χ0n) is 11.1. The third-order valence-corrected chi connectivity index (χ3v) is 4.48. The molecule has 1 aliphatic rings. The Morgan fingerprint density at radius 1 is 1.05 bits per heavy atom. The Labute approximate surface area is 132 Å². The maximum atomic E-state index is 7.58. The smallest absolute Gasteiger partial charge is 0.0978 e. The molecule has 0 aromatic heterocycles. The zero-order valence-corrected chi connectivity index (χ0v) is 13.3. The maximum Gasteiger partial charge on any atom is 0.0978 e. The molecule has 0 atom stereocenters. The molecule has 0 amide bonds. The lowest BCUT2D eigenvalue weighted by molar-refractivity contribution is 1.06. The summed E-state index contributed by atoms with van der Waals surface area (Å²) in [6, 6.07) is 16.5. The first-order chi connectivity index (χ1) is 9.72. The lowest BCUT2D eigenvalue weighted by Gasteiger charge is -2.25. The Hall–Kier alpha value is -1.69. The van der Waals surface area contributed by atoms with E-state index in [1.807, 2.05) is 31.2 Å². The third-order valence-electron chi connectivity index (χ3n) is 3.62. The van der Waals surface area contributed by atoms with E-state index in [4.69, 9.17) is 5.53 Å². The second-order valence-corrected chi connectivity index (χ2v) is 5.94. The van der Waals surface area contributed by atoms with Crippen LogP contribution in [0.5, 0.6) is 0 Å². The van der Waals surface area contributed by atoms with E-state index in [9.17, 15) is 0 Å². The highest BCUT2D eigenvalue weighted by Gasteiger charge is 2.20. The average Bonchev–Trinajstić information content (AvgIpc) is 2.48. The predicted octanol–water partition coefficient (Wildman–Crippen LogP) is 5.28. The largest absolute Gasteiger partial charge is 0.310 e. The molecule has 0 radical (unpaired) electrons. The number of anilines is 1. The standard InChI is InChI=1S/C16H14IN3/c1-11-13-7-3-2-6-12(13)10-20(17)15-9-5-4-8-14(15)16(11)19-18/h2-9,18H,10H2,1H3/b16-11+,19-18?. The second-order valence-electron chi connectivity index (χ2n) is 4.78. The summed E-state index contributed by atoms with van der Waals surface area (Å²) in [5.74, 6) is 0. The van der Waals surface area contributed by atoms with Gasteiger partial charge in [0.05, 0.1) is 40.8 Å². The van der Waals surface area contributed by atoms with Crippen LogP contribution in [0.3, 0.4) is 0 Å². The molecule has 20 heavy (non-hydrogen) atoms. The first-order valence-electron chi connectivity index (χ1n) is 6.41. The molecule has 0 fully saturated rings. The van der Waals surface area contributed by atoms with Crippen molar-refractivity contribution < 1.29 is 0 Å². The molecule has 3 nitrogen and oxygen atoms in total. The summed E-state index contributed by atoms with van der Waals surface area (Å²) < 4.78 is 2.18. The van der Waals surface area contributed by atoms with E-state index in [1.165, 1.54) is 11.1 Å². The van der Waals surface area contributed by atoms with Gasteiger partial charge in [-0.1, -0.05) is 42.5 Å². The minimum absolute atomic E-state index is 0.745. The van der Waals surface area contributed by atoms with Gasteiger partial charge in [-0.25, -0.2) is 5.53 Å². The van der Waals surface area contributed by atoms with Crippen molar-refractivity contribution in [2.75, 3.05) is 3.11 Å². The van der Waals surface area contributed by atoms with E-state index >= 15 is 0 Å². The summed E-state index contributed by atoms with van der Waals surface area (Å²) in [5.41, 5.74) is 13.9. The highest BCUT2D eigenvalue weighted by molar-refractivity contribution is 14.1. The summed E-state index contributed by atoms with van der Waals surface area (Å²) in [7, 11) is 0. The number of benzene rings is 2. The van der Waals surface area contributed by atoms with E-state index in [0.29, 0.717) is 0 Å². The number of para-hydroxylation sites is 1. The molecule has 2 aromatic carbocycles. The van der Waals surface area contributed by atoms with Gasteiger partial charge in [-0.15, -0.1) is 0 Å². The van der Waals surface area contributed by atoms with Gasteiger partial charge in [0.2, 0.25) is 0 Å². The van der Waals surface area contributed by atoms with E-state index in [2.05, 4.69) is 55.4 Å². The third kappa shape index (κ3) is 2.14. The van der Waals surface area contributed by atoms with Crippen molar-refractivity contribution in [3.05, 3.63) is 65.2 Å². The van der Waals surface area contributed by atoms with Gasteiger partial charge in [-0.3, -0.25) is 0 Å². The Balaban J connectivity index is 2.35. The number of hydrogen-bond acceptors (Lipinski definition) is 3. The van der Waals surface area contributed by atoms with Crippen LogP contribution in [0.2, 0.25) is 0 Å². The molecular formula is C16H14IN3. The first-order valence-corrected chi connectivity index (χ1v) is 7.38. The van der Waals surface area contributed by atoms with Crippen LogP contribution in [-0.4, -0.2) is 0 Å². The van der Waals surface area contributed by atoms with Crippen LogP contribution in [0.25, 0.3) is 11.3 Å². The summed E-state index contributed by atoms with van der Waals surface area (Å²) in [6.45, 7) is 2.89. The number of rotatable bonds is 1. The summed E-state index contributed by atoms with van der Waals surface area (Å²) >= 11 is 2.33. The van der Waals surface area contributed by atoms with Crippen LogP contribution in [0.4, 0.5) is 5.69 Å². The zero-order chi connectivity index (χ0) is 14.1. The molecule has 1 N–H and O–H groups in total. The topological polar surface area (TPSA) is 39.5 Å². The molecule has 0 saturated heterocycles. The van der Waals surface area contributed by atoms with Crippen molar-refractivity contribution >= 4 is 39.8 Å². The van der Waals surface area contributed by atoms with Crippen molar-refractivity contribution in [2.45, 2.75) is 13.5 Å². The quantitative estimate of drug-likeness (QED) is 0.411. The van der Waals surface area contributed by atoms with Gasteiger partial charge in [0, 0.05) is 5.56 Å². The van der Waals surface area contributed by atoms with Crippen molar-refractivity contribution in [1.29, 1.82) is 5.53 Å². The molecule has 0 bridgehead atoms. The van der Waals surface area contributed by atoms with Gasteiger partial charge < -0.3 is 3.11 Å². The Kier molecular flexibility index (Phi) is 3.56. The molecule has 100 valence electrons. The summed E-state index contributed by atoms with van der Waals surface area (Å²) in [6.07, 6.45) is 0. The molecule has 0 saturated carbocycles. The molecule has 2 aromatic rings. The van der Waals surface area contributed by atoms with Gasteiger partial charge in [0.1, 0.15) is 0 Å². The number of allylic oxidation sites excluding steroid dienone is 1. The normalized spacial score (nSPS) is 17.8. The van der Waals surface area contributed by atoms with Crippen molar-refractivity contribution in [3.8, 4) is 0 Å². The number of fused-ring (bicyclic) bond motifs is 2. The molecule has 1 aliphatic heterocycles. The number of hydrogen-bond donors (Lipinski definition) is 1. The highest BCUT2D eigenvalue weighted by atomic mass is 127. The van der Waals surface area contributed by atoms with Gasteiger partial charge in [0.25, 0.3) is 0 Å². The minimum Gasteiger partial charge on any atom is -0.310 e. The Morgan fingerprint density at radius 3 is 2.45 bits per heavy atom. The van der Waals surface area contributed by atoms with Crippen molar-refractivity contribution in [2.24, 2.45) is 5.11 Å². The predicted molar refractivity (Wildman–Crippen MR) is 90.7 cm³/mol. The van der Waals surface area contributed by atoms with Crippen LogP contribution in [0.15, 0.2) is 53.6 Å². The van der Waals surface area contributed by atoms with Crippen molar-refractivity contribution in [3.63, 3.8) is 0 Å². The molecule has 4 heteroatoms. The summed E-state index contributed by atoms with van der Waals surface area (Å²) in [5, 5.41) is 3.80. The molecule has 1 heterocycles. The fourth-order valence-corrected chi connectivity index (χ4v) is 3.41. The number of nitrogens with one attached hydrogen (secondary N) is 1. The summed E-state index contributed by atoms with van der Waals surface area (Å²) in [4.78, 5) is 0. The van der Waals surface area contributed by atoms with Gasteiger partial charge in [-0.05, 0) is 29.7 Å². The lowest BCUT2D eigenvalue weighted by atomic mass is 9.94. The van der Waals surface area contributed by atoms with Gasteiger partial charge >= 0.3 is 0 Å².